The fourth-order valence-electron chi connectivity index (χ4n) is 1.80. The molecule has 17 heavy (non-hydrogen) atoms. The molecule has 0 saturated heterocycles. The molecule has 0 spiro atoms. The van der Waals surface area contributed by atoms with Gasteiger partial charge in [0.1, 0.15) is 18.1 Å². The van der Waals surface area contributed by atoms with Crippen LogP contribution in [-0.2, 0) is 17.9 Å². The summed E-state index contributed by atoms with van der Waals surface area (Å²) in [5.41, 5.74) is 1.20. The molecule has 1 aromatic heterocycles. The van der Waals surface area contributed by atoms with Crippen LogP contribution in [0.25, 0.3) is 0 Å². The lowest BCUT2D eigenvalue weighted by Gasteiger charge is -2.01. The fourth-order valence-corrected chi connectivity index (χ4v) is 1.80. The summed E-state index contributed by atoms with van der Waals surface area (Å²) in [5.74, 6) is 1.94. The van der Waals surface area contributed by atoms with Crippen LogP contribution < -0.4 is 5.32 Å². The second-order valence-corrected chi connectivity index (χ2v) is 4.46. The molecule has 1 rings (SSSR count). The molecule has 98 valence electrons. The smallest absolute Gasteiger partial charge is 0.130 e. The van der Waals surface area contributed by atoms with Gasteiger partial charge in [-0.15, -0.1) is 0 Å². The first-order valence-corrected chi connectivity index (χ1v) is 6.58. The number of furan rings is 1. The normalized spacial score (nSPS) is 11.0. The molecule has 3 heteroatoms. The van der Waals surface area contributed by atoms with Crippen LogP contribution in [0.5, 0.6) is 0 Å². The Morgan fingerprint density at radius 2 is 2.12 bits per heavy atom. The molecule has 0 saturated carbocycles. The van der Waals surface area contributed by atoms with E-state index in [1.54, 1.807) is 0 Å². The third kappa shape index (κ3) is 5.37. The Balaban J connectivity index is 2.20. The molecule has 0 bridgehead atoms. The van der Waals surface area contributed by atoms with Gasteiger partial charge in [-0.2, -0.15) is 0 Å². The average molecular weight is 239 g/mol. The Morgan fingerprint density at radius 1 is 1.29 bits per heavy atom. The zero-order valence-corrected chi connectivity index (χ0v) is 11.3. The van der Waals surface area contributed by atoms with E-state index >= 15 is 0 Å². The van der Waals surface area contributed by atoms with Gasteiger partial charge in [0.15, 0.2) is 0 Å². The van der Waals surface area contributed by atoms with Crippen LogP contribution in [0.2, 0.25) is 0 Å². The van der Waals surface area contributed by atoms with E-state index in [1.807, 2.05) is 7.05 Å². The van der Waals surface area contributed by atoms with Crippen molar-refractivity contribution in [2.45, 2.75) is 52.7 Å². The van der Waals surface area contributed by atoms with Gasteiger partial charge in [-0.3, -0.25) is 0 Å². The Kier molecular flexibility index (Phi) is 6.97. The number of hydrogen-bond donors (Lipinski definition) is 1. The van der Waals surface area contributed by atoms with E-state index in [4.69, 9.17) is 9.15 Å². The minimum Gasteiger partial charge on any atom is -0.462 e. The Hall–Kier alpha value is -0.800. The van der Waals surface area contributed by atoms with Crippen molar-refractivity contribution in [1.82, 2.24) is 5.32 Å². The minimum absolute atomic E-state index is 0.594. The molecule has 0 aliphatic heterocycles. The number of ether oxygens (including phenoxy) is 1. The number of hydrogen-bond acceptors (Lipinski definition) is 3. The summed E-state index contributed by atoms with van der Waals surface area (Å²) in [5, 5.41) is 3.09. The first-order chi connectivity index (χ1) is 8.27. The summed E-state index contributed by atoms with van der Waals surface area (Å²) in [7, 11) is 1.92. The largest absolute Gasteiger partial charge is 0.462 e. The second kappa shape index (κ2) is 8.31. The maximum absolute atomic E-state index is 5.70. The van der Waals surface area contributed by atoms with E-state index in [0.29, 0.717) is 6.61 Å². The van der Waals surface area contributed by atoms with Gasteiger partial charge in [-0.25, -0.2) is 0 Å². The predicted molar refractivity (Wildman–Crippen MR) is 70.0 cm³/mol. The Bertz CT molecular complexity index is 307. The van der Waals surface area contributed by atoms with Crippen molar-refractivity contribution in [2.24, 2.45) is 0 Å². The number of unbranched alkanes of at least 4 members (excludes halogenated alkanes) is 3. The second-order valence-electron chi connectivity index (χ2n) is 4.46. The van der Waals surface area contributed by atoms with Gasteiger partial charge in [-0.1, -0.05) is 26.2 Å². The van der Waals surface area contributed by atoms with Gasteiger partial charge in [-0.05, 0) is 32.0 Å². The van der Waals surface area contributed by atoms with E-state index in [1.165, 1.54) is 24.8 Å². The standard InChI is InChI=1S/C14H25NO2/c1-4-5-6-7-8-16-11-13-9-12(2)14(17-13)10-15-3/h9,15H,4-8,10-11H2,1-3H3. The topological polar surface area (TPSA) is 34.4 Å². The third-order valence-electron chi connectivity index (χ3n) is 2.80. The number of aryl methyl sites for hydroxylation is 1. The van der Waals surface area contributed by atoms with Crippen LogP contribution >= 0.6 is 0 Å². The lowest BCUT2D eigenvalue weighted by Crippen LogP contribution is -2.04. The van der Waals surface area contributed by atoms with Crippen LogP contribution in [0, 0.1) is 6.92 Å². The zero-order valence-electron chi connectivity index (χ0n) is 11.3. The Morgan fingerprint density at radius 3 is 2.82 bits per heavy atom. The van der Waals surface area contributed by atoms with E-state index in [9.17, 15) is 0 Å². The van der Waals surface area contributed by atoms with Gasteiger partial charge < -0.3 is 14.5 Å². The maximum Gasteiger partial charge on any atom is 0.130 e. The number of rotatable bonds is 9. The summed E-state index contributed by atoms with van der Waals surface area (Å²) in [6.45, 7) is 6.50. The minimum atomic E-state index is 0.594. The number of nitrogens with one attached hydrogen (secondary N) is 1. The molecular weight excluding hydrogens is 214 g/mol. The predicted octanol–water partition coefficient (Wildman–Crippen LogP) is 3.40. The molecule has 1 aromatic rings. The van der Waals surface area contributed by atoms with Crippen LogP contribution in [0.4, 0.5) is 0 Å². The summed E-state index contributed by atoms with van der Waals surface area (Å²) in [6.07, 6.45) is 4.98. The van der Waals surface area contributed by atoms with Crippen molar-refractivity contribution in [1.29, 1.82) is 0 Å². The van der Waals surface area contributed by atoms with Gasteiger partial charge in [0.25, 0.3) is 0 Å². The van der Waals surface area contributed by atoms with E-state index < -0.39 is 0 Å². The molecule has 0 unspecified atom stereocenters. The van der Waals surface area contributed by atoms with Gasteiger partial charge in [0, 0.05) is 6.61 Å². The van der Waals surface area contributed by atoms with Crippen LogP contribution in [0.3, 0.4) is 0 Å². The molecule has 3 nitrogen and oxygen atoms in total. The average Bonchev–Trinajstić information content (AvgIpc) is 2.65. The van der Waals surface area contributed by atoms with E-state index in [2.05, 4.69) is 25.2 Å². The van der Waals surface area contributed by atoms with Gasteiger partial charge in [0.05, 0.1) is 6.54 Å². The van der Waals surface area contributed by atoms with Crippen molar-refractivity contribution < 1.29 is 9.15 Å². The zero-order chi connectivity index (χ0) is 12.5. The first kappa shape index (κ1) is 14.3. The highest BCUT2D eigenvalue weighted by atomic mass is 16.5. The molecule has 0 fully saturated rings. The van der Waals surface area contributed by atoms with Crippen LogP contribution in [-0.4, -0.2) is 13.7 Å². The summed E-state index contributed by atoms with van der Waals surface area (Å²) < 4.78 is 11.3. The van der Waals surface area contributed by atoms with Crippen LogP contribution in [0.1, 0.15) is 49.7 Å². The molecule has 0 aromatic carbocycles. The highest BCUT2D eigenvalue weighted by Gasteiger charge is 2.06. The molecule has 1 heterocycles. The van der Waals surface area contributed by atoms with Crippen molar-refractivity contribution in [3.05, 3.63) is 23.2 Å². The summed E-state index contributed by atoms with van der Waals surface area (Å²) in [6, 6.07) is 2.07. The highest BCUT2D eigenvalue weighted by molar-refractivity contribution is 5.19. The monoisotopic (exact) mass is 239 g/mol. The van der Waals surface area contributed by atoms with Crippen LogP contribution in [0.15, 0.2) is 10.5 Å². The van der Waals surface area contributed by atoms with Crippen molar-refractivity contribution in [2.75, 3.05) is 13.7 Å². The van der Waals surface area contributed by atoms with E-state index in [0.717, 1.165) is 31.1 Å². The molecule has 0 amide bonds. The highest BCUT2D eigenvalue weighted by Crippen LogP contribution is 2.15. The molecule has 0 radical (unpaired) electrons. The third-order valence-corrected chi connectivity index (χ3v) is 2.80. The molecule has 0 aliphatic rings. The molecule has 1 N–H and O–H groups in total. The summed E-state index contributed by atoms with van der Waals surface area (Å²) in [4.78, 5) is 0. The Labute approximate surface area is 105 Å². The van der Waals surface area contributed by atoms with Crippen molar-refractivity contribution in [3.63, 3.8) is 0 Å². The lowest BCUT2D eigenvalue weighted by molar-refractivity contribution is 0.101. The first-order valence-electron chi connectivity index (χ1n) is 6.58. The van der Waals surface area contributed by atoms with E-state index in [-0.39, 0.29) is 0 Å². The molecule has 0 aliphatic carbocycles. The quantitative estimate of drug-likeness (QED) is 0.671. The fraction of sp³-hybridized carbons (Fsp3) is 0.714. The maximum atomic E-state index is 5.70. The molecule has 0 atom stereocenters. The molecular formula is C14H25NO2. The van der Waals surface area contributed by atoms with Crippen molar-refractivity contribution >= 4 is 0 Å². The lowest BCUT2D eigenvalue weighted by atomic mass is 10.2. The van der Waals surface area contributed by atoms with Gasteiger partial charge in [0.2, 0.25) is 0 Å². The SMILES string of the molecule is CCCCCCOCc1cc(C)c(CNC)o1. The van der Waals surface area contributed by atoms with Crippen molar-refractivity contribution in [3.8, 4) is 0 Å². The summed E-state index contributed by atoms with van der Waals surface area (Å²) >= 11 is 0. The van der Waals surface area contributed by atoms with Gasteiger partial charge >= 0.3 is 0 Å².